The molecule has 0 spiro atoms. The van der Waals surface area contributed by atoms with Crippen molar-refractivity contribution in [3.8, 4) is 17.1 Å². The van der Waals surface area contributed by atoms with Gasteiger partial charge in [-0.15, -0.1) is 0 Å². The molecule has 27 heavy (non-hydrogen) atoms. The number of aromatic nitrogens is 2. The number of amides is 1. The Labute approximate surface area is 154 Å². The lowest BCUT2D eigenvalue weighted by molar-refractivity contribution is -0.118. The van der Waals surface area contributed by atoms with Crippen molar-refractivity contribution in [1.29, 1.82) is 0 Å². The molecule has 2 N–H and O–H groups in total. The van der Waals surface area contributed by atoms with Gasteiger partial charge in [0.1, 0.15) is 17.4 Å². The third-order valence-corrected chi connectivity index (χ3v) is 3.99. The number of fused-ring (bicyclic) bond motifs is 1. The molecule has 3 aromatic carbocycles. The summed E-state index contributed by atoms with van der Waals surface area (Å²) in [6.07, 6.45) is 0. The molecule has 0 fully saturated rings. The fourth-order valence-corrected chi connectivity index (χ4v) is 2.71. The van der Waals surface area contributed by atoms with Gasteiger partial charge in [-0.05, 0) is 48.5 Å². The summed E-state index contributed by atoms with van der Waals surface area (Å²) < 4.78 is 18.2. The van der Waals surface area contributed by atoms with Crippen molar-refractivity contribution in [2.75, 3.05) is 11.9 Å². The maximum atomic E-state index is 12.9. The minimum Gasteiger partial charge on any atom is -0.484 e. The third-order valence-electron chi connectivity index (χ3n) is 3.99. The summed E-state index contributed by atoms with van der Waals surface area (Å²) >= 11 is 0. The first-order valence-corrected chi connectivity index (χ1v) is 8.41. The fourth-order valence-electron chi connectivity index (χ4n) is 2.71. The van der Waals surface area contributed by atoms with E-state index in [9.17, 15) is 9.18 Å². The number of halogens is 1. The highest BCUT2D eigenvalue weighted by molar-refractivity contribution is 5.92. The Balaban J connectivity index is 1.44. The van der Waals surface area contributed by atoms with Gasteiger partial charge in [-0.1, -0.05) is 24.3 Å². The first-order chi connectivity index (χ1) is 13.2. The quantitative estimate of drug-likeness (QED) is 0.554. The average molecular weight is 361 g/mol. The molecule has 0 aliphatic rings. The molecule has 0 saturated heterocycles. The van der Waals surface area contributed by atoms with Gasteiger partial charge in [-0.2, -0.15) is 0 Å². The standard InChI is InChI=1S/C21H16FN3O2/c22-15-8-10-17(11-9-15)27-13-20(26)23-16-5-3-4-14(12-16)21-24-18-6-1-2-7-19(18)25-21/h1-12H,13H2,(H,23,26)(H,24,25). The van der Waals surface area contributed by atoms with E-state index in [1.165, 1.54) is 24.3 Å². The minimum atomic E-state index is -0.353. The monoisotopic (exact) mass is 361 g/mol. The van der Waals surface area contributed by atoms with Crippen LogP contribution in [0, 0.1) is 5.82 Å². The van der Waals surface area contributed by atoms with Gasteiger partial charge in [-0.25, -0.2) is 9.37 Å². The van der Waals surface area contributed by atoms with Gasteiger partial charge in [-0.3, -0.25) is 4.79 Å². The lowest BCUT2D eigenvalue weighted by Crippen LogP contribution is -2.20. The third kappa shape index (κ3) is 3.95. The zero-order valence-corrected chi connectivity index (χ0v) is 14.3. The number of nitrogens with zero attached hydrogens (tertiary/aromatic N) is 1. The number of ether oxygens (including phenoxy) is 1. The molecule has 0 aliphatic heterocycles. The van der Waals surface area contributed by atoms with Gasteiger partial charge in [0.25, 0.3) is 5.91 Å². The van der Waals surface area contributed by atoms with E-state index < -0.39 is 0 Å². The van der Waals surface area contributed by atoms with Crippen LogP contribution >= 0.6 is 0 Å². The molecule has 0 radical (unpaired) electrons. The number of H-pyrrole nitrogens is 1. The summed E-state index contributed by atoms with van der Waals surface area (Å²) in [5.74, 6) is 0.507. The van der Waals surface area contributed by atoms with E-state index in [0.29, 0.717) is 11.4 Å². The van der Waals surface area contributed by atoms with Crippen LogP contribution in [-0.4, -0.2) is 22.5 Å². The summed E-state index contributed by atoms with van der Waals surface area (Å²) in [6.45, 7) is -0.166. The summed E-state index contributed by atoms with van der Waals surface area (Å²) in [4.78, 5) is 19.9. The molecule has 4 aromatic rings. The van der Waals surface area contributed by atoms with Gasteiger partial charge in [0.05, 0.1) is 11.0 Å². The van der Waals surface area contributed by atoms with Crippen LogP contribution in [0.25, 0.3) is 22.4 Å². The number of anilines is 1. The van der Waals surface area contributed by atoms with Gasteiger partial charge in [0.2, 0.25) is 0 Å². The van der Waals surface area contributed by atoms with E-state index in [1.54, 1.807) is 6.07 Å². The number of carbonyl (C=O) groups is 1. The van der Waals surface area contributed by atoms with Crippen molar-refractivity contribution < 1.29 is 13.9 Å². The Morgan fingerprint density at radius 2 is 1.85 bits per heavy atom. The molecular weight excluding hydrogens is 345 g/mol. The summed E-state index contributed by atoms with van der Waals surface area (Å²) in [5.41, 5.74) is 3.34. The van der Waals surface area contributed by atoms with E-state index in [4.69, 9.17) is 4.74 Å². The van der Waals surface area contributed by atoms with E-state index in [2.05, 4.69) is 15.3 Å². The van der Waals surface area contributed by atoms with Crippen molar-refractivity contribution in [2.45, 2.75) is 0 Å². The van der Waals surface area contributed by atoms with Crippen LogP contribution in [0.15, 0.2) is 72.8 Å². The number of rotatable bonds is 5. The number of hydrogen-bond acceptors (Lipinski definition) is 3. The number of hydrogen-bond donors (Lipinski definition) is 2. The second kappa shape index (κ2) is 7.29. The molecule has 4 rings (SSSR count). The van der Waals surface area contributed by atoms with Crippen molar-refractivity contribution in [3.63, 3.8) is 0 Å². The van der Waals surface area contributed by atoms with Crippen LogP contribution in [0.5, 0.6) is 5.75 Å². The highest BCUT2D eigenvalue weighted by Gasteiger charge is 2.08. The van der Waals surface area contributed by atoms with Crippen LogP contribution < -0.4 is 10.1 Å². The molecule has 1 aromatic heterocycles. The molecular formula is C21H16FN3O2. The van der Waals surface area contributed by atoms with E-state index >= 15 is 0 Å². The Hall–Kier alpha value is -3.67. The van der Waals surface area contributed by atoms with Crippen LogP contribution in [-0.2, 0) is 4.79 Å². The molecule has 1 heterocycles. The number of nitrogens with one attached hydrogen (secondary N) is 2. The molecule has 5 nitrogen and oxygen atoms in total. The van der Waals surface area contributed by atoms with Crippen LogP contribution in [0.1, 0.15) is 0 Å². The van der Waals surface area contributed by atoms with Crippen molar-refractivity contribution >= 4 is 22.6 Å². The molecule has 0 atom stereocenters. The Bertz CT molecular complexity index is 1060. The van der Waals surface area contributed by atoms with Gasteiger partial charge in [0, 0.05) is 11.3 Å². The van der Waals surface area contributed by atoms with E-state index in [-0.39, 0.29) is 18.3 Å². The number of carbonyl (C=O) groups excluding carboxylic acids is 1. The lowest BCUT2D eigenvalue weighted by Gasteiger charge is -2.08. The van der Waals surface area contributed by atoms with Gasteiger partial charge in [0.15, 0.2) is 6.61 Å². The van der Waals surface area contributed by atoms with Gasteiger partial charge >= 0.3 is 0 Å². The highest BCUT2D eigenvalue weighted by atomic mass is 19.1. The maximum Gasteiger partial charge on any atom is 0.262 e. The molecule has 1 amide bonds. The first-order valence-electron chi connectivity index (χ1n) is 8.41. The topological polar surface area (TPSA) is 67.0 Å². The Kier molecular flexibility index (Phi) is 4.53. The largest absolute Gasteiger partial charge is 0.484 e. The molecule has 6 heteroatoms. The second-order valence-corrected chi connectivity index (χ2v) is 5.97. The number of aromatic amines is 1. The predicted octanol–water partition coefficient (Wildman–Crippen LogP) is 4.39. The Morgan fingerprint density at radius 3 is 2.67 bits per heavy atom. The lowest BCUT2D eigenvalue weighted by atomic mass is 10.2. The number of benzene rings is 3. The van der Waals surface area contributed by atoms with E-state index in [0.717, 1.165) is 22.4 Å². The van der Waals surface area contributed by atoms with E-state index in [1.807, 2.05) is 42.5 Å². The summed E-state index contributed by atoms with van der Waals surface area (Å²) in [5, 5.41) is 2.79. The smallest absolute Gasteiger partial charge is 0.262 e. The highest BCUT2D eigenvalue weighted by Crippen LogP contribution is 2.23. The van der Waals surface area contributed by atoms with Crippen molar-refractivity contribution in [2.24, 2.45) is 0 Å². The zero-order chi connectivity index (χ0) is 18.6. The number of para-hydroxylation sites is 2. The fraction of sp³-hybridized carbons (Fsp3) is 0.0476. The number of imidazole rings is 1. The average Bonchev–Trinajstić information content (AvgIpc) is 3.12. The molecule has 134 valence electrons. The molecule has 0 saturated carbocycles. The van der Waals surface area contributed by atoms with Crippen LogP contribution in [0.4, 0.5) is 10.1 Å². The Morgan fingerprint density at radius 1 is 1.04 bits per heavy atom. The summed E-state index contributed by atoms with van der Waals surface area (Å²) in [6, 6.07) is 20.7. The maximum absolute atomic E-state index is 12.9. The SMILES string of the molecule is O=C(COc1ccc(F)cc1)Nc1cccc(-c2nc3ccccc3[nH]2)c1. The molecule has 0 unspecified atom stereocenters. The zero-order valence-electron chi connectivity index (χ0n) is 14.3. The second-order valence-electron chi connectivity index (χ2n) is 5.97. The van der Waals surface area contributed by atoms with Crippen molar-refractivity contribution in [3.05, 3.63) is 78.6 Å². The predicted molar refractivity (Wildman–Crippen MR) is 102 cm³/mol. The normalized spacial score (nSPS) is 10.7. The first kappa shape index (κ1) is 16.8. The minimum absolute atomic E-state index is 0.166. The van der Waals surface area contributed by atoms with Gasteiger partial charge < -0.3 is 15.0 Å². The van der Waals surface area contributed by atoms with Crippen LogP contribution in [0.2, 0.25) is 0 Å². The van der Waals surface area contributed by atoms with Crippen molar-refractivity contribution in [1.82, 2.24) is 9.97 Å². The summed E-state index contributed by atoms with van der Waals surface area (Å²) in [7, 11) is 0. The molecule has 0 aliphatic carbocycles. The van der Waals surface area contributed by atoms with Crippen LogP contribution in [0.3, 0.4) is 0 Å². The molecule has 0 bridgehead atoms.